The largest absolute Gasteiger partial charge is 0.416 e. The minimum atomic E-state index is -4.51. The van der Waals surface area contributed by atoms with Crippen LogP contribution < -0.4 is 0 Å². The Hall–Kier alpha value is -2.32. The summed E-state index contributed by atoms with van der Waals surface area (Å²) in [4.78, 5) is 25.5. The first-order chi connectivity index (χ1) is 12.6. The summed E-state index contributed by atoms with van der Waals surface area (Å²) in [5.74, 6) is -1.20. The Morgan fingerprint density at radius 2 is 1.85 bits per heavy atom. The third-order valence-corrected chi connectivity index (χ3v) is 4.99. The number of amides is 2. The number of imide groups is 1. The zero-order valence-electron chi connectivity index (χ0n) is 13.4. The fourth-order valence-corrected chi connectivity index (χ4v) is 3.48. The van der Waals surface area contributed by atoms with Gasteiger partial charge in [-0.15, -0.1) is 0 Å². The SMILES string of the molecule is O=C1S/C(=C\c2cccc(C(F)(F)F)c2)C(=O)N1Cc1ccc(F)cc1Cl. The molecule has 0 spiro atoms. The average Bonchev–Trinajstić information content (AvgIpc) is 2.84. The van der Waals surface area contributed by atoms with Crippen LogP contribution in [-0.4, -0.2) is 16.0 Å². The van der Waals surface area contributed by atoms with Crippen LogP contribution in [-0.2, 0) is 17.5 Å². The maximum Gasteiger partial charge on any atom is 0.416 e. The Morgan fingerprint density at radius 1 is 1.11 bits per heavy atom. The van der Waals surface area contributed by atoms with Gasteiger partial charge < -0.3 is 0 Å². The van der Waals surface area contributed by atoms with E-state index in [1.54, 1.807) is 0 Å². The molecule has 2 aromatic rings. The average molecular weight is 416 g/mol. The number of benzene rings is 2. The van der Waals surface area contributed by atoms with Crippen LogP contribution in [0.2, 0.25) is 5.02 Å². The highest BCUT2D eigenvalue weighted by Gasteiger charge is 2.35. The van der Waals surface area contributed by atoms with Gasteiger partial charge in [0.15, 0.2) is 0 Å². The Labute approximate surface area is 160 Å². The van der Waals surface area contributed by atoms with Gasteiger partial charge in [-0.1, -0.05) is 29.8 Å². The molecule has 0 atom stereocenters. The van der Waals surface area contributed by atoms with Crippen molar-refractivity contribution in [3.05, 3.63) is 74.9 Å². The van der Waals surface area contributed by atoms with Crippen molar-refractivity contribution in [1.29, 1.82) is 0 Å². The van der Waals surface area contributed by atoms with Crippen molar-refractivity contribution in [2.24, 2.45) is 0 Å². The molecule has 0 aromatic heterocycles. The molecule has 9 heteroatoms. The maximum atomic E-state index is 13.1. The second-order valence-corrected chi connectivity index (χ2v) is 7.03. The molecule has 3 rings (SSSR count). The highest BCUT2D eigenvalue weighted by Crippen LogP contribution is 2.35. The van der Waals surface area contributed by atoms with Gasteiger partial charge in [-0.05, 0) is 53.2 Å². The fourth-order valence-electron chi connectivity index (χ4n) is 2.41. The highest BCUT2D eigenvalue weighted by molar-refractivity contribution is 8.18. The number of nitrogens with zero attached hydrogens (tertiary/aromatic N) is 1. The number of hydrogen-bond acceptors (Lipinski definition) is 3. The van der Waals surface area contributed by atoms with E-state index in [1.165, 1.54) is 24.3 Å². The lowest BCUT2D eigenvalue weighted by molar-refractivity contribution is -0.137. The van der Waals surface area contributed by atoms with E-state index in [0.29, 0.717) is 17.3 Å². The molecule has 0 radical (unpaired) electrons. The van der Waals surface area contributed by atoms with Gasteiger partial charge in [0.1, 0.15) is 5.82 Å². The lowest BCUT2D eigenvalue weighted by Crippen LogP contribution is -2.27. The summed E-state index contributed by atoms with van der Waals surface area (Å²) in [6.45, 7) is -0.163. The van der Waals surface area contributed by atoms with Crippen LogP contribution in [0.1, 0.15) is 16.7 Å². The van der Waals surface area contributed by atoms with Crippen molar-refractivity contribution in [2.45, 2.75) is 12.7 Å². The minimum absolute atomic E-state index is 0.00226. The van der Waals surface area contributed by atoms with Crippen molar-refractivity contribution in [3.63, 3.8) is 0 Å². The highest BCUT2D eigenvalue weighted by atomic mass is 35.5. The second-order valence-electron chi connectivity index (χ2n) is 5.63. The van der Waals surface area contributed by atoms with Gasteiger partial charge in [0.25, 0.3) is 11.1 Å². The molecule has 2 amide bonds. The topological polar surface area (TPSA) is 37.4 Å². The molecule has 140 valence electrons. The summed E-state index contributed by atoms with van der Waals surface area (Å²) in [7, 11) is 0. The summed E-state index contributed by atoms with van der Waals surface area (Å²) in [6, 6.07) is 8.01. The molecule has 1 aliphatic rings. The van der Waals surface area contributed by atoms with E-state index in [2.05, 4.69) is 0 Å². The Kier molecular flexibility index (Phi) is 5.30. The van der Waals surface area contributed by atoms with Gasteiger partial charge in [0, 0.05) is 5.02 Å². The van der Waals surface area contributed by atoms with E-state index in [1.807, 2.05) is 0 Å². The Morgan fingerprint density at radius 3 is 2.52 bits per heavy atom. The number of alkyl halides is 3. The van der Waals surface area contributed by atoms with E-state index in [-0.39, 0.29) is 22.0 Å². The molecule has 1 aliphatic heterocycles. The van der Waals surface area contributed by atoms with Crippen molar-refractivity contribution in [1.82, 2.24) is 4.90 Å². The molecule has 1 saturated heterocycles. The number of rotatable bonds is 3. The van der Waals surface area contributed by atoms with Gasteiger partial charge in [0.2, 0.25) is 0 Å². The monoisotopic (exact) mass is 415 g/mol. The maximum absolute atomic E-state index is 13.1. The van der Waals surface area contributed by atoms with Crippen molar-refractivity contribution < 1.29 is 27.2 Å². The van der Waals surface area contributed by atoms with Crippen LogP contribution >= 0.6 is 23.4 Å². The third kappa shape index (κ3) is 4.33. The summed E-state index contributed by atoms with van der Waals surface area (Å²) in [5, 5.41) is -0.519. The molecule has 2 aromatic carbocycles. The number of carbonyl (C=O) groups is 2. The van der Waals surface area contributed by atoms with Crippen molar-refractivity contribution in [3.8, 4) is 0 Å². The van der Waals surface area contributed by atoms with Gasteiger partial charge >= 0.3 is 6.18 Å². The first-order valence-electron chi connectivity index (χ1n) is 7.52. The van der Waals surface area contributed by atoms with Crippen LogP contribution in [0.25, 0.3) is 6.08 Å². The van der Waals surface area contributed by atoms with E-state index in [0.717, 1.165) is 29.2 Å². The Bertz CT molecular complexity index is 959. The number of halogens is 5. The van der Waals surface area contributed by atoms with Crippen LogP contribution in [0.3, 0.4) is 0 Å². The van der Waals surface area contributed by atoms with Gasteiger partial charge in [-0.2, -0.15) is 13.2 Å². The molecule has 0 N–H and O–H groups in total. The smallest absolute Gasteiger partial charge is 0.268 e. The first kappa shape index (κ1) is 19.4. The van der Waals surface area contributed by atoms with E-state index < -0.39 is 28.7 Å². The van der Waals surface area contributed by atoms with Gasteiger partial charge in [0.05, 0.1) is 17.0 Å². The van der Waals surface area contributed by atoms with E-state index in [9.17, 15) is 27.2 Å². The fraction of sp³-hybridized carbons (Fsp3) is 0.111. The molecule has 0 unspecified atom stereocenters. The quantitative estimate of drug-likeness (QED) is 0.474. The third-order valence-electron chi connectivity index (χ3n) is 3.73. The van der Waals surface area contributed by atoms with Crippen LogP contribution in [0, 0.1) is 5.82 Å². The molecule has 0 aliphatic carbocycles. The summed E-state index contributed by atoms with van der Waals surface area (Å²) in [5.41, 5.74) is -0.329. The van der Waals surface area contributed by atoms with Crippen LogP contribution in [0.15, 0.2) is 47.4 Å². The predicted molar refractivity (Wildman–Crippen MR) is 94.4 cm³/mol. The minimum Gasteiger partial charge on any atom is -0.268 e. The zero-order chi connectivity index (χ0) is 19.8. The summed E-state index contributed by atoms with van der Waals surface area (Å²) < 4.78 is 51.5. The number of carbonyl (C=O) groups excluding carboxylic acids is 2. The molecule has 1 fully saturated rings. The molecule has 27 heavy (non-hydrogen) atoms. The summed E-state index contributed by atoms with van der Waals surface area (Å²) in [6.07, 6.45) is -3.28. The van der Waals surface area contributed by atoms with Gasteiger partial charge in [-0.3, -0.25) is 14.5 Å². The Balaban J connectivity index is 1.84. The number of thioether (sulfide) groups is 1. The standard InChI is InChI=1S/C18H10ClF4NO2S/c19-14-8-13(20)5-4-11(14)9-24-16(25)15(27-17(24)26)7-10-2-1-3-12(6-10)18(21,22)23/h1-8H,9H2/b15-7-. The zero-order valence-corrected chi connectivity index (χ0v) is 15.0. The van der Waals surface area contributed by atoms with Gasteiger partial charge in [-0.25, -0.2) is 4.39 Å². The molecule has 0 bridgehead atoms. The first-order valence-corrected chi connectivity index (χ1v) is 8.71. The molecular formula is C18H10ClF4NO2S. The molecule has 1 heterocycles. The summed E-state index contributed by atoms with van der Waals surface area (Å²) >= 11 is 6.53. The van der Waals surface area contributed by atoms with Crippen LogP contribution in [0.4, 0.5) is 22.4 Å². The van der Waals surface area contributed by atoms with E-state index in [4.69, 9.17) is 11.6 Å². The lowest BCUT2D eigenvalue weighted by atomic mass is 10.1. The number of hydrogen-bond donors (Lipinski definition) is 0. The normalized spacial score (nSPS) is 16.5. The van der Waals surface area contributed by atoms with Crippen LogP contribution in [0.5, 0.6) is 0 Å². The molecule has 0 saturated carbocycles. The molecule has 3 nitrogen and oxygen atoms in total. The van der Waals surface area contributed by atoms with Crippen molar-refractivity contribution >= 4 is 40.6 Å². The lowest BCUT2D eigenvalue weighted by Gasteiger charge is -2.13. The van der Waals surface area contributed by atoms with Crippen molar-refractivity contribution in [2.75, 3.05) is 0 Å². The molecular weight excluding hydrogens is 406 g/mol. The van der Waals surface area contributed by atoms with E-state index >= 15 is 0 Å². The second kappa shape index (κ2) is 7.36. The predicted octanol–water partition coefficient (Wildman–Crippen LogP) is 5.73.